The average Bonchev–Trinajstić information content (AvgIpc) is 2.98. The van der Waals surface area contributed by atoms with Gasteiger partial charge >= 0.3 is 0 Å². The lowest BCUT2D eigenvalue weighted by molar-refractivity contribution is 0.101. The van der Waals surface area contributed by atoms with E-state index in [0.717, 1.165) is 11.3 Å². The van der Waals surface area contributed by atoms with E-state index in [1.165, 1.54) is 11.3 Å². The zero-order valence-electron chi connectivity index (χ0n) is 14.1. The molecule has 1 aromatic carbocycles. The number of Topliss-reactive ketones (excluding diaryl/α,β-unsaturated/α-hetero) is 1. The highest BCUT2D eigenvalue weighted by Crippen LogP contribution is 2.18. The summed E-state index contributed by atoms with van der Waals surface area (Å²) in [5.41, 5.74) is 2.41. The van der Waals surface area contributed by atoms with Gasteiger partial charge in [0.15, 0.2) is 10.6 Å². The van der Waals surface area contributed by atoms with Gasteiger partial charge in [0.1, 0.15) is 13.3 Å². The standard InChI is InChI=1S/C19H16N4O2S/c1-13(24)15-3-2-4-16(10-15)22-11-21-19-23(12-22)18(25)17(26-19)9-14-5-7-20-8-6-14/h2-10H,11-12H2,1H3/b17-9+. The largest absolute Gasteiger partial charge is 0.334 e. The van der Waals surface area contributed by atoms with Crippen molar-refractivity contribution in [2.75, 3.05) is 11.6 Å². The van der Waals surface area contributed by atoms with E-state index >= 15 is 0 Å². The minimum Gasteiger partial charge on any atom is -0.334 e. The van der Waals surface area contributed by atoms with Crippen molar-refractivity contribution in [2.24, 2.45) is 4.99 Å². The number of ketones is 1. The van der Waals surface area contributed by atoms with E-state index in [2.05, 4.69) is 9.98 Å². The maximum absolute atomic E-state index is 12.8. The predicted molar refractivity (Wildman–Crippen MR) is 101 cm³/mol. The van der Waals surface area contributed by atoms with Crippen LogP contribution in [0.4, 0.5) is 5.69 Å². The third-order valence-corrected chi connectivity index (χ3v) is 5.24. The molecular formula is C19H16N4O2S. The first kappa shape index (κ1) is 16.4. The summed E-state index contributed by atoms with van der Waals surface area (Å²) in [6.07, 6.45) is 5.26. The average molecular weight is 364 g/mol. The maximum atomic E-state index is 12.8. The Morgan fingerprint density at radius 2 is 2.04 bits per heavy atom. The molecule has 0 unspecified atom stereocenters. The van der Waals surface area contributed by atoms with Gasteiger partial charge in [-0.2, -0.15) is 0 Å². The summed E-state index contributed by atoms with van der Waals surface area (Å²) in [7, 11) is 0. The van der Waals surface area contributed by atoms with Gasteiger partial charge in [0.25, 0.3) is 5.56 Å². The zero-order chi connectivity index (χ0) is 18.1. The fourth-order valence-corrected chi connectivity index (χ4v) is 3.77. The number of thiazole rings is 1. The Bertz CT molecular complexity index is 1150. The third-order valence-electron chi connectivity index (χ3n) is 4.20. The number of fused-ring (bicyclic) bond motifs is 1. The molecule has 3 aromatic rings. The normalized spacial score (nSPS) is 14.0. The van der Waals surface area contributed by atoms with Crippen LogP contribution in [0.15, 0.2) is 58.6 Å². The zero-order valence-corrected chi connectivity index (χ0v) is 14.9. The Labute approximate surface area is 153 Å². The highest BCUT2D eigenvalue weighted by Gasteiger charge is 2.16. The van der Waals surface area contributed by atoms with Crippen LogP contribution in [0.2, 0.25) is 0 Å². The number of benzene rings is 1. The van der Waals surface area contributed by atoms with Crippen LogP contribution >= 0.6 is 11.3 Å². The first-order chi connectivity index (χ1) is 12.6. The summed E-state index contributed by atoms with van der Waals surface area (Å²) in [5.74, 6) is 0.0171. The fourth-order valence-electron chi connectivity index (χ4n) is 2.81. The highest BCUT2D eigenvalue weighted by atomic mass is 32.1. The number of carbonyl (C=O) groups is 1. The molecule has 0 saturated carbocycles. The molecule has 0 atom stereocenters. The monoisotopic (exact) mass is 364 g/mol. The second-order valence-corrected chi connectivity index (χ2v) is 7.00. The molecular weight excluding hydrogens is 348 g/mol. The maximum Gasteiger partial charge on any atom is 0.271 e. The van der Waals surface area contributed by atoms with Gasteiger partial charge in [0.05, 0.1) is 4.53 Å². The van der Waals surface area contributed by atoms with Gasteiger partial charge in [-0.05, 0) is 42.8 Å². The van der Waals surface area contributed by atoms with Gasteiger partial charge in [0, 0.05) is 23.6 Å². The summed E-state index contributed by atoms with van der Waals surface area (Å²) in [6.45, 7) is 2.41. The molecule has 0 spiro atoms. The van der Waals surface area contributed by atoms with Gasteiger partial charge in [-0.25, -0.2) is 4.99 Å². The van der Waals surface area contributed by atoms with Crippen LogP contribution in [-0.4, -0.2) is 22.0 Å². The fraction of sp³-hybridized carbons (Fsp3) is 0.158. The Morgan fingerprint density at radius 1 is 1.23 bits per heavy atom. The van der Waals surface area contributed by atoms with E-state index in [1.807, 2.05) is 41.3 Å². The topological polar surface area (TPSA) is 67.6 Å². The molecule has 2 aromatic heterocycles. The number of pyridine rings is 1. The van der Waals surface area contributed by atoms with Crippen molar-refractivity contribution in [1.29, 1.82) is 0 Å². The number of nitrogens with zero attached hydrogens (tertiary/aromatic N) is 4. The Hall–Kier alpha value is -3.06. The van der Waals surface area contributed by atoms with Crippen LogP contribution in [0.5, 0.6) is 0 Å². The number of anilines is 1. The van der Waals surface area contributed by atoms with E-state index in [9.17, 15) is 9.59 Å². The van der Waals surface area contributed by atoms with Crippen LogP contribution in [-0.2, 0) is 6.67 Å². The van der Waals surface area contributed by atoms with Crippen molar-refractivity contribution in [1.82, 2.24) is 9.55 Å². The van der Waals surface area contributed by atoms with Gasteiger partial charge in [-0.3, -0.25) is 19.1 Å². The van der Waals surface area contributed by atoms with E-state index < -0.39 is 0 Å². The van der Waals surface area contributed by atoms with Crippen LogP contribution in [0.3, 0.4) is 0 Å². The number of carbonyl (C=O) groups excluding carboxylic acids is 1. The number of rotatable bonds is 3. The molecule has 0 radical (unpaired) electrons. The lowest BCUT2D eigenvalue weighted by atomic mass is 10.1. The Balaban J connectivity index is 1.70. The molecule has 0 N–H and O–H groups in total. The summed E-state index contributed by atoms with van der Waals surface area (Å²) < 4.78 is 2.32. The van der Waals surface area contributed by atoms with Crippen molar-refractivity contribution >= 4 is 28.9 Å². The summed E-state index contributed by atoms with van der Waals surface area (Å²) in [6, 6.07) is 11.1. The summed E-state index contributed by atoms with van der Waals surface area (Å²) in [5, 5.41) is 0. The van der Waals surface area contributed by atoms with Crippen molar-refractivity contribution in [3.05, 3.63) is 79.6 Å². The van der Waals surface area contributed by atoms with Gasteiger partial charge in [0.2, 0.25) is 0 Å². The number of hydrogen-bond acceptors (Lipinski definition) is 6. The molecule has 0 amide bonds. The molecule has 130 valence electrons. The minimum atomic E-state index is -0.0574. The smallest absolute Gasteiger partial charge is 0.271 e. The molecule has 0 saturated heterocycles. The van der Waals surface area contributed by atoms with Crippen molar-refractivity contribution < 1.29 is 4.79 Å². The first-order valence-electron chi connectivity index (χ1n) is 8.13. The molecule has 3 heterocycles. The lowest BCUT2D eigenvalue weighted by Crippen LogP contribution is -2.42. The Morgan fingerprint density at radius 3 is 2.81 bits per heavy atom. The van der Waals surface area contributed by atoms with Crippen molar-refractivity contribution in [3.63, 3.8) is 0 Å². The highest BCUT2D eigenvalue weighted by molar-refractivity contribution is 7.07. The lowest BCUT2D eigenvalue weighted by Gasteiger charge is -2.25. The summed E-state index contributed by atoms with van der Waals surface area (Å²) >= 11 is 1.39. The van der Waals surface area contributed by atoms with Crippen LogP contribution < -0.4 is 19.8 Å². The van der Waals surface area contributed by atoms with Crippen LogP contribution in [0.1, 0.15) is 22.8 Å². The van der Waals surface area contributed by atoms with Crippen molar-refractivity contribution in [2.45, 2.75) is 13.6 Å². The van der Waals surface area contributed by atoms with Crippen molar-refractivity contribution in [3.8, 4) is 0 Å². The second kappa shape index (κ2) is 6.68. The van der Waals surface area contributed by atoms with E-state index in [0.29, 0.717) is 28.2 Å². The van der Waals surface area contributed by atoms with E-state index in [4.69, 9.17) is 0 Å². The molecule has 7 heteroatoms. The minimum absolute atomic E-state index is 0.0171. The van der Waals surface area contributed by atoms with Gasteiger partial charge in [-0.1, -0.05) is 23.5 Å². The summed E-state index contributed by atoms with van der Waals surface area (Å²) in [4.78, 5) is 35.6. The molecule has 26 heavy (non-hydrogen) atoms. The van der Waals surface area contributed by atoms with Crippen LogP contribution in [0.25, 0.3) is 6.08 Å². The first-order valence-corrected chi connectivity index (χ1v) is 8.95. The molecule has 0 aliphatic carbocycles. The predicted octanol–water partition coefficient (Wildman–Crippen LogP) is 1.39. The third kappa shape index (κ3) is 3.09. The molecule has 1 aliphatic rings. The van der Waals surface area contributed by atoms with Gasteiger partial charge < -0.3 is 4.90 Å². The second-order valence-electron chi connectivity index (χ2n) is 5.99. The molecule has 1 aliphatic heterocycles. The molecule has 4 rings (SSSR count). The SMILES string of the molecule is CC(=O)c1cccc(N2CN=c3s/c(=C/c4ccncc4)c(=O)n3C2)c1. The van der Waals surface area contributed by atoms with Gasteiger partial charge in [-0.15, -0.1) is 0 Å². The molecule has 0 bridgehead atoms. The van der Waals surface area contributed by atoms with Crippen LogP contribution in [0, 0.1) is 0 Å². The Kier molecular flexibility index (Phi) is 4.22. The number of aromatic nitrogens is 2. The number of hydrogen-bond donors (Lipinski definition) is 0. The van der Waals surface area contributed by atoms with E-state index in [1.54, 1.807) is 30.0 Å². The van der Waals surface area contributed by atoms with E-state index in [-0.39, 0.29) is 11.3 Å². The molecule has 0 fully saturated rings. The molecule has 6 nitrogen and oxygen atoms in total. The quantitative estimate of drug-likeness (QED) is 0.659.